The first-order chi connectivity index (χ1) is 11.8. The molecule has 0 saturated heterocycles. The number of nitrogens with zero attached hydrogens (tertiary/aromatic N) is 1. The van der Waals surface area contributed by atoms with Crippen LogP contribution >= 0.6 is 11.3 Å². The highest BCUT2D eigenvalue weighted by molar-refractivity contribution is 7.92. The van der Waals surface area contributed by atoms with Gasteiger partial charge in [-0.25, -0.2) is 12.8 Å². The van der Waals surface area contributed by atoms with Gasteiger partial charge in [0.25, 0.3) is 10.0 Å². The van der Waals surface area contributed by atoms with Crippen molar-refractivity contribution in [1.29, 1.82) is 0 Å². The number of aromatic nitrogens is 1. The molecule has 5 nitrogen and oxygen atoms in total. The summed E-state index contributed by atoms with van der Waals surface area (Å²) in [6, 6.07) is 8.71. The molecule has 0 aliphatic rings. The number of hydrogen-bond acceptors (Lipinski definition) is 4. The van der Waals surface area contributed by atoms with E-state index in [9.17, 15) is 17.6 Å². The van der Waals surface area contributed by atoms with E-state index >= 15 is 0 Å². The normalized spacial score (nSPS) is 11.8. The summed E-state index contributed by atoms with van der Waals surface area (Å²) in [5.74, 6) is -0.576. The van der Waals surface area contributed by atoms with E-state index in [0.717, 1.165) is 29.3 Å². The van der Waals surface area contributed by atoms with Crippen molar-refractivity contribution in [3.63, 3.8) is 0 Å². The van der Waals surface area contributed by atoms with Crippen LogP contribution in [0.4, 0.5) is 10.1 Å². The lowest BCUT2D eigenvalue weighted by molar-refractivity contribution is 0.593. The van der Waals surface area contributed by atoms with Crippen LogP contribution in [0.5, 0.6) is 0 Å². The molecule has 1 heterocycles. The van der Waals surface area contributed by atoms with E-state index in [4.69, 9.17) is 0 Å². The predicted molar refractivity (Wildman–Crippen MR) is 98.3 cm³/mol. The quantitative estimate of drug-likeness (QED) is 0.733. The summed E-state index contributed by atoms with van der Waals surface area (Å²) in [4.78, 5) is 11.8. The van der Waals surface area contributed by atoms with Crippen LogP contribution in [0.1, 0.15) is 18.9 Å². The zero-order chi connectivity index (χ0) is 18.2. The smallest absolute Gasteiger partial charge is 0.299 e. The summed E-state index contributed by atoms with van der Waals surface area (Å²) >= 11 is 1.07. The van der Waals surface area contributed by atoms with Crippen LogP contribution in [0.2, 0.25) is 0 Å². The molecule has 25 heavy (non-hydrogen) atoms. The fraction of sp³-hybridized carbons (Fsp3) is 0.235. The summed E-state index contributed by atoms with van der Waals surface area (Å²) in [5.41, 5.74) is 1.49. The van der Waals surface area contributed by atoms with Crippen LogP contribution in [0.3, 0.4) is 0 Å². The Labute approximate surface area is 148 Å². The predicted octanol–water partition coefficient (Wildman–Crippen LogP) is 3.72. The summed E-state index contributed by atoms with van der Waals surface area (Å²) in [5, 5.41) is 0. The summed E-state index contributed by atoms with van der Waals surface area (Å²) in [6.07, 6.45) is 0.832. The van der Waals surface area contributed by atoms with Crippen LogP contribution in [-0.4, -0.2) is 13.0 Å². The summed E-state index contributed by atoms with van der Waals surface area (Å²) in [6.45, 7) is 4.17. The van der Waals surface area contributed by atoms with E-state index in [1.54, 1.807) is 29.7 Å². The third kappa shape index (κ3) is 3.45. The van der Waals surface area contributed by atoms with Crippen molar-refractivity contribution in [3.8, 4) is 0 Å². The largest absolute Gasteiger partial charge is 0.308 e. The van der Waals surface area contributed by atoms with Gasteiger partial charge < -0.3 is 0 Å². The average molecular weight is 380 g/mol. The van der Waals surface area contributed by atoms with Gasteiger partial charge in [0.2, 0.25) is 0 Å². The minimum Gasteiger partial charge on any atom is -0.299 e. The Morgan fingerprint density at radius 1 is 1.20 bits per heavy atom. The molecular weight excluding hydrogens is 363 g/mol. The number of halogens is 1. The van der Waals surface area contributed by atoms with Crippen molar-refractivity contribution in [1.82, 2.24) is 4.57 Å². The highest BCUT2D eigenvalue weighted by Gasteiger charge is 2.17. The highest BCUT2D eigenvalue weighted by atomic mass is 32.2. The van der Waals surface area contributed by atoms with Gasteiger partial charge in [0.05, 0.1) is 20.8 Å². The lowest BCUT2D eigenvalue weighted by Gasteiger charge is -2.09. The SMILES string of the molecule is CCCn1c(=O)sc2cc(NS(=O)(=O)c3ccc(C)c(F)c3)ccc21. The second kappa shape index (κ2) is 6.61. The molecule has 3 aromatic rings. The number of nitrogens with one attached hydrogen (secondary N) is 1. The Hall–Kier alpha value is -2.19. The first-order valence-corrected chi connectivity index (χ1v) is 10.0. The zero-order valence-corrected chi connectivity index (χ0v) is 15.4. The molecule has 0 unspecified atom stereocenters. The molecule has 0 saturated carbocycles. The molecule has 0 aliphatic carbocycles. The van der Waals surface area contributed by atoms with Crippen molar-refractivity contribution in [3.05, 3.63) is 57.4 Å². The van der Waals surface area contributed by atoms with Gasteiger partial charge in [-0.15, -0.1) is 0 Å². The van der Waals surface area contributed by atoms with Gasteiger partial charge in [-0.05, 0) is 49.2 Å². The Balaban J connectivity index is 1.97. The van der Waals surface area contributed by atoms with Crippen LogP contribution in [0.15, 0.2) is 46.1 Å². The van der Waals surface area contributed by atoms with Gasteiger partial charge >= 0.3 is 4.87 Å². The van der Waals surface area contributed by atoms with Crippen molar-refractivity contribution in [2.45, 2.75) is 31.7 Å². The number of aryl methyl sites for hydroxylation is 2. The molecule has 0 amide bonds. The number of rotatable bonds is 5. The number of thiazole rings is 1. The minimum atomic E-state index is -3.91. The molecule has 0 atom stereocenters. The van der Waals surface area contributed by atoms with E-state index < -0.39 is 15.8 Å². The molecule has 8 heteroatoms. The molecule has 0 radical (unpaired) electrons. The van der Waals surface area contributed by atoms with E-state index in [0.29, 0.717) is 22.5 Å². The van der Waals surface area contributed by atoms with Crippen molar-refractivity contribution < 1.29 is 12.8 Å². The van der Waals surface area contributed by atoms with Gasteiger partial charge in [0.15, 0.2) is 0 Å². The number of benzene rings is 2. The number of hydrogen-bond donors (Lipinski definition) is 1. The van der Waals surface area contributed by atoms with Gasteiger partial charge in [-0.3, -0.25) is 14.1 Å². The Morgan fingerprint density at radius 2 is 1.96 bits per heavy atom. The summed E-state index contributed by atoms with van der Waals surface area (Å²) in [7, 11) is -3.91. The van der Waals surface area contributed by atoms with Crippen molar-refractivity contribution in [2.24, 2.45) is 0 Å². The molecule has 132 valence electrons. The fourth-order valence-electron chi connectivity index (χ4n) is 2.52. The third-order valence-electron chi connectivity index (χ3n) is 3.82. The van der Waals surface area contributed by atoms with Gasteiger partial charge in [0.1, 0.15) is 5.82 Å². The number of fused-ring (bicyclic) bond motifs is 1. The zero-order valence-electron chi connectivity index (χ0n) is 13.7. The lowest BCUT2D eigenvalue weighted by Crippen LogP contribution is -2.13. The molecule has 0 bridgehead atoms. The topological polar surface area (TPSA) is 68.2 Å². The van der Waals surface area contributed by atoms with Crippen LogP contribution in [-0.2, 0) is 16.6 Å². The Bertz CT molecular complexity index is 1100. The monoisotopic (exact) mass is 380 g/mol. The van der Waals surface area contributed by atoms with E-state index in [-0.39, 0.29) is 9.77 Å². The Kier molecular flexibility index (Phi) is 4.66. The first-order valence-electron chi connectivity index (χ1n) is 7.74. The van der Waals surface area contributed by atoms with Crippen LogP contribution in [0.25, 0.3) is 10.2 Å². The third-order valence-corrected chi connectivity index (χ3v) is 6.14. The minimum absolute atomic E-state index is 0.0718. The second-order valence-corrected chi connectivity index (χ2v) is 8.39. The van der Waals surface area contributed by atoms with Crippen LogP contribution in [0, 0.1) is 12.7 Å². The average Bonchev–Trinajstić information content (AvgIpc) is 2.85. The molecule has 0 spiro atoms. The molecule has 1 aromatic heterocycles. The molecular formula is C17H17FN2O3S2. The van der Waals surface area contributed by atoms with Crippen molar-refractivity contribution in [2.75, 3.05) is 4.72 Å². The molecule has 0 fully saturated rings. The van der Waals surface area contributed by atoms with E-state index in [1.165, 1.54) is 12.1 Å². The molecule has 2 aromatic carbocycles. The van der Waals surface area contributed by atoms with Crippen molar-refractivity contribution >= 4 is 37.3 Å². The molecule has 1 N–H and O–H groups in total. The standard InChI is InChI=1S/C17H17FN2O3S2/c1-3-8-20-15-7-5-12(9-16(15)24-17(20)21)19-25(22,23)13-6-4-11(2)14(18)10-13/h4-7,9-10,19H,3,8H2,1-2H3. The maximum atomic E-state index is 13.6. The highest BCUT2D eigenvalue weighted by Crippen LogP contribution is 2.24. The molecule has 0 aliphatic heterocycles. The van der Waals surface area contributed by atoms with Gasteiger partial charge in [0, 0.05) is 6.54 Å². The van der Waals surface area contributed by atoms with Gasteiger partial charge in [-0.2, -0.15) is 0 Å². The van der Waals surface area contributed by atoms with Gasteiger partial charge in [-0.1, -0.05) is 24.3 Å². The van der Waals surface area contributed by atoms with E-state index in [2.05, 4.69) is 4.72 Å². The maximum absolute atomic E-state index is 13.6. The first kappa shape index (κ1) is 17.6. The van der Waals surface area contributed by atoms with Crippen LogP contribution < -0.4 is 9.60 Å². The Morgan fingerprint density at radius 3 is 2.64 bits per heavy atom. The number of anilines is 1. The van der Waals surface area contributed by atoms with E-state index in [1.807, 2.05) is 6.92 Å². The second-order valence-electron chi connectivity index (χ2n) is 5.72. The maximum Gasteiger partial charge on any atom is 0.308 e. The lowest BCUT2D eigenvalue weighted by atomic mass is 10.2. The molecule has 3 rings (SSSR count). The summed E-state index contributed by atoms with van der Waals surface area (Å²) < 4.78 is 43.3. The fourth-order valence-corrected chi connectivity index (χ4v) is 4.54. The number of sulfonamides is 1.